The Morgan fingerprint density at radius 2 is 2.09 bits per heavy atom. The molecule has 0 atom stereocenters. The van der Waals surface area contributed by atoms with Gasteiger partial charge in [-0.1, -0.05) is 0 Å². The summed E-state index contributed by atoms with van der Waals surface area (Å²) in [4.78, 5) is 23.5. The van der Waals surface area contributed by atoms with E-state index in [9.17, 15) is 18.4 Å². The number of ether oxygens (including phenoxy) is 2. The highest BCUT2D eigenvalue weighted by atomic mass is 19.3. The molecule has 0 bridgehead atoms. The van der Waals surface area contributed by atoms with Gasteiger partial charge in [0.1, 0.15) is 11.4 Å². The van der Waals surface area contributed by atoms with Gasteiger partial charge >= 0.3 is 12.6 Å². The van der Waals surface area contributed by atoms with Gasteiger partial charge in [0.15, 0.2) is 6.61 Å². The van der Waals surface area contributed by atoms with Gasteiger partial charge in [0.05, 0.1) is 5.69 Å². The number of alkyl halides is 2. The first kappa shape index (κ1) is 16.0. The minimum atomic E-state index is -2.99. The maximum Gasteiger partial charge on any atom is 0.412 e. The molecule has 0 aliphatic carbocycles. The molecule has 8 heteroatoms. The monoisotopic (exact) mass is 314 g/mol. The zero-order valence-corrected chi connectivity index (χ0v) is 12.4. The number of benzene rings is 1. The summed E-state index contributed by atoms with van der Waals surface area (Å²) < 4.78 is 36.2. The van der Waals surface area contributed by atoms with Crippen LogP contribution in [0.2, 0.25) is 0 Å². The number of nitrogens with one attached hydrogen (secondary N) is 1. The van der Waals surface area contributed by atoms with Crippen LogP contribution in [0, 0.1) is 0 Å². The molecule has 120 valence electrons. The molecule has 1 aliphatic rings. The van der Waals surface area contributed by atoms with E-state index in [1.165, 1.54) is 18.2 Å². The molecule has 1 N–H and O–H groups in total. The summed E-state index contributed by atoms with van der Waals surface area (Å²) in [7, 11) is 0. The molecule has 1 heterocycles. The fourth-order valence-corrected chi connectivity index (χ4v) is 1.88. The SMILES string of the molecule is CC(C)(C)OC(=O)Nc1ccc2c(c1)N(C(F)F)C(=O)CO2. The minimum absolute atomic E-state index is 0.0974. The topological polar surface area (TPSA) is 67.9 Å². The zero-order valence-electron chi connectivity index (χ0n) is 12.4. The number of carbonyl (C=O) groups is 2. The summed E-state index contributed by atoms with van der Waals surface area (Å²) in [6.07, 6.45) is -0.723. The van der Waals surface area contributed by atoms with E-state index < -0.39 is 30.8 Å². The number of anilines is 2. The summed E-state index contributed by atoms with van der Waals surface area (Å²) in [6, 6.07) is 4.12. The van der Waals surface area contributed by atoms with Crippen molar-refractivity contribution in [3.05, 3.63) is 18.2 Å². The second kappa shape index (κ2) is 5.78. The Bertz CT molecular complexity index is 599. The standard InChI is InChI=1S/C14H16F2N2O4/c1-14(2,3)22-13(20)17-8-4-5-10-9(6-8)18(12(15)16)11(19)7-21-10/h4-6,12H,7H2,1-3H3,(H,17,20). The minimum Gasteiger partial charge on any atom is -0.482 e. The fourth-order valence-electron chi connectivity index (χ4n) is 1.88. The van der Waals surface area contributed by atoms with Crippen LogP contribution in [0.3, 0.4) is 0 Å². The highest BCUT2D eigenvalue weighted by Crippen LogP contribution is 2.36. The number of hydrogen-bond donors (Lipinski definition) is 1. The first-order valence-corrected chi connectivity index (χ1v) is 6.54. The Labute approximate surface area is 126 Å². The van der Waals surface area contributed by atoms with E-state index in [2.05, 4.69) is 5.32 Å². The van der Waals surface area contributed by atoms with E-state index in [-0.39, 0.29) is 17.1 Å². The first-order valence-electron chi connectivity index (χ1n) is 6.54. The molecular formula is C14H16F2N2O4. The Balaban J connectivity index is 2.23. The number of halogens is 2. The lowest BCUT2D eigenvalue weighted by Crippen LogP contribution is -2.42. The lowest BCUT2D eigenvalue weighted by Gasteiger charge is -2.29. The molecule has 0 saturated heterocycles. The summed E-state index contributed by atoms with van der Waals surface area (Å²) in [5.41, 5.74) is -0.566. The van der Waals surface area contributed by atoms with Crippen molar-refractivity contribution in [2.24, 2.45) is 0 Å². The second-order valence-electron chi connectivity index (χ2n) is 5.64. The fraction of sp³-hybridized carbons (Fsp3) is 0.429. The molecule has 0 unspecified atom stereocenters. The van der Waals surface area contributed by atoms with Crippen molar-refractivity contribution in [3.8, 4) is 5.75 Å². The van der Waals surface area contributed by atoms with E-state index in [0.29, 0.717) is 4.90 Å². The van der Waals surface area contributed by atoms with Crippen LogP contribution in [-0.4, -0.2) is 30.8 Å². The molecule has 0 radical (unpaired) electrons. The molecule has 22 heavy (non-hydrogen) atoms. The lowest BCUT2D eigenvalue weighted by atomic mass is 10.2. The average molecular weight is 314 g/mol. The van der Waals surface area contributed by atoms with Crippen molar-refractivity contribution < 1.29 is 27.8 Å². The Hall–Kier alpha value is -2.38. The van der Waals surface area contributed by atoms with Crippen LogP contribution in [0.25, 0.3) is 0 Å². The maximum absolute atomic E-state index is 13.0. The molecular weight excluding hydrogens is 298 g/mol. The third-order valence-corrected chi connectivity index (χ3v) is 2.68. The van der Waals surface area contributed by atoms with Crippen molar-refractivity contribution in [1.29, 1.82) is 0 Å². The lowest BCUT2D eigenvalue weighted by molar-refractivity contribution is -0.124. The average Bonchev–Trinajstić information content (AvgIpc) is 2.35. The van der Waals surface area contributed by atoms with Gasteiger partial charge in [-0.15, -0.1) is 0 Å². The van der Waals surface area contributed by atoms with Crippen molar-refractivity contribution in [2.75, 3.05) is 16.8 Å². The van der Waals surface area contributed by atoms with Gasteiger partial charge in [-0.05, 0) is 39.0 Å². The van der Waals surface area contributed by atoms with E-state index in [0.717, 1.165) is 0 Å². The Kier molecular flexibility index (Phi) is 4.20. The van der Waals surface area contributed by atoms with Crippen LogP contribution in [-0.2, 0) is 9.53 Å². The Morgan fingerprint density at radius 3 is 2.68 bits per heavy atom. The van der Waals surface area contributed by atoms with Crippen LogP contribution in [0.5, 0.6) is 5.75 Å². The van der Waals surface area contributed by atoms with Crippen LogP contribution in [0.15, 0.2) is 18.2 Å². The molecule has 1 aliphatic heterocycles. The van der Waals surface area contributed by atoms with Crippen LogP contribution in [0.1, 0.15) is 20.8 Å². The van der Waals surface area contributed by atoms with Gasteiger partial charge in [0.2, 0.25) is 0 Å². The van der Waals surface area contributed by atoms with Gasteiger partial charge in [-0.25, -0.2) is 9.69 Å². The van der Waals surface area contributed by atoms with Gasteiger partial charge in [-0.2, -0.15) is 8.78 Å². The number of carbonyl (C=O) groups excluding carboxylic acids is 2. The molecule has 0 saturated carbocycles. The van der Waals surface area contributed by atoms with E-state index >= 15 is 0 Å². The number of rotatable bonds is 2. The normalized spacial score (nSPS) is 14.5. The number of hydrogen-bond acceptors (Lipinski definition) is 4. The van der Waals surface area contributed by atoms with Crippen molar-refractivity contribution >= 4 is 23.4 Å². The largest absolute Gasteiger partial charge is 0.482 e. The molecule has 2 rings (SSSR count). The highest BCUT2D eigenvalue weighted by Gasteiger charge is 2.32. The number of fused-ring (bicyclic) bond motifs is 1. The molecule has 2 amide bonds. The van der Waals surface area contributed by atoms with E-state index in [1.807, 2.05) is 0 Å². The van der Waals surface area contributed by atoms with E-state index in [1.54, 1.807) is 20.8 Å². The summed E-state index contributed by atoms with van der Waals surface area (Å²) >= 11 is 0. The molecule has 0 spiro atoms. The summed E-state index contributed by atoms with van der Waals surface area (Å²) in [5, 5.41) is 2.42. The van der Waals surface area contributed by atoms with Gasteiger partial charge in [0, 0.05) is 5.69 Å². The van der Waals surface area contributed by atoms with E-state index in [4.69, 9.17) is 9.47 Å². The predicted octanol–water partition coefficient (Wildman–Crippen LogP) is 2.98. The third kappa shape index (κ3) is 3.63. The van der Waals surface area contributed by atoms with Gasteiger partial charge < -0.3 is 9.47 Å². The maximum atomic E-state index is 13.0. The quantitative estimate of drug-likeness (QED) is 0.852. The van der Waals surface area contributed by atoms with Crippen molar-refractivity contribution in [2.45, 2.75) is 32.9 Å². The zero-order chi connectivity index (χ0) is 16.5. The number of nitrogens with zero attached hydrogens (tertiary/aromatic N) is 1. The Morgan fingerprint density at radius 1 is 1.41 bits per heavy atom. The molecule has 0 aromatic heterocycles. The van der Waals surface area contributed by atoms with Gasteiger partial charge in [0.25, 0.3) is 5.91 Å². The first-order chi connectivity index (χ1) is 10.2. The second-order valence-corrected chi connectivity index (χ2v) is 5.64. The van der Waals surface area contributed by atoms with Crippen LogP contribution in [0.4, 0.5) is 25.0 Å². The summed E-state index contributed by atoms with van der Waals surface area (Å²) in [6.45, 7) is 1.65. The van der Waals surface area contributed by atoms with Gasteiger partial charge in [-0.3, -0.25) is 10.1 Å². The highest BCUT2D eigenvalue weighted by molar-refractivity contribution is 5.99. The molecule has 0 fully saturated rings. The number of amides is 2. The predicted molar refractivity (Wildman–Crippen MR) is 75.3 cm³/mol. The van der Waals surface area contributed by atoms with Crippen LogP contribution < -0.4 is 15.0 Å². The van der Waals surface area contributed by atoms with Crippen molar-refractivity contribution in [1.82, 2.24) is 0 Å². The molecule has 1 aromatic rings. The molecule has 6 nitrogen and oxygen atoms in total. The van der Waals surface area contributed by atoms with Crippen molar-refractivity contribution in [3.63, 3.8) is 0 Å². The third-order valence-electron chi connectivity index (χ3n) is 2.68. The summed E-state index contributed by atoms with van der Waals surface area (Å²) in [5.74, 6) is -0.702. The molecule has 1 aromatic carbocycles. The smallest absolute Gasteiger partial charge is 0.412 e. The van der Waals surface area contributed by atoms with Crippen LogP contribution >= 0.6 is 0 Å².